The summed E-state index contributed by atoms with van der Waals surface area (Å²) in [5, 5.41) is 19.5. The van der Waals surface area contributed by atoms with Gasteiger partial charge in [-0.25, -0.2) is 0 Å². The molecule has 0 bridgehead atoms. The predicted octanol–water partition coefficient (Wildman–Crippen LogP) is 7.85. The van der Waals surface area contributed by atoms with Crippen LogP contribution in [0.2, 0.25) is 0 Å². The Hall–Kier alpha value is -3.90. The van der Waals surface area contributed by atoms with E-state index in [4.69, 9.17) is 11.6 Å². The Labute approximate surface area is 259 Å². The maximum Gasteiger partial charge on any atom is 0.309 e. The number of halogens is 1. The van der Waals surface area contributed by atoms with Crippen LogP contribution in [-0.4, -0.2) is 45.5 Å². The van der Waals surface area contributed by atoms with Gasteiger partial charge in [-0.15, -0.1) is 0 Å². The molecule has 0 aromatic heterocycles. The zero-order valence-electron chi connectivity index (χ0n) is 25.4. The highest BCUT2D eigenvalue weighted by Crippen LogP contribution is 2.48. The molecule has 0 unspecified atom stereocenters. The monoisotopic (exact) mass is 599 g/mol. The van der Waals surface area contributed by atoms with Crippen molar-refractivity contribution in [3.8, 4) is 0 Å². The van der Waals surface area contributed by atoms with E-state index in [-0.39, 0.29) is 23.7 Å². The minimum Gasteiger partial charge on any atom is -0.481 e. The lowest BCUT2D eigenvalue weighted by molar-refractivity contribution is -0.436. The summed E-state index contributed by atoms with van der Waals surface area (Å²) in [6.07, 6.45) is 11.2. The predicted molar refractivity (Wildman–Crippen MR) is 173 cm³/mol. The topological polar surface area (TPSA) is 80.9 Å². The summed E-state index contributed by atoms with van der Waals surface area (Å²) in [6, 6.07) is 16.4. The van der Waals surface area contributed by atoms with E-state index in [9.17, 15) is 19.8 Å². The van der Waals surface area contributed by atoms with Gasteiger partial charge in [0.15, 0.2) is 12.3 Å². The van der Waals surface area contributed by atoms with E-state index >= 15 is 0 Å². The van der Waals surface area contributed by atoms with Gasteiger partial charge < -0.3 is 15.1 Å². The Morgan fingerprint density at radius 1 is 0.884 bits per heavy atom. The summed E-state index contributed by atoms with van der Waals surface area (Å²) in [7, 11) is 0. The molecule has 6 nitrogen and oxygen atoms in total. The lowest BCUT2D eigenvalue weighted by Crippen LogP contribution is -2.28. The number of carboxylic acid groups (broad SMARTS) is 2. The number of aliphatic carboxylic acids is 2. The van der Waals surface area contributed by atoms with Crippen molar-refractivity contribution in [2.75, 3.05) is 18.0 Å². The van der Waals surface area contributed by atoms with Crippen LogP contribution in [0.15, 0.2) is 94.7 Å². The number of carboxylic acids is 2. The fourth-order valence-corrected chi connectivity index (χ4v) is 7.06. The Bertz CT molecular complexity index is 1620. The second kappa shape index (κ2) is 12.0. The summed E-state index contributed by atoms with van der Waals surface area (Å²) >= 11 is 7.06. The van der Waals surface area contributed by atoms with Gasteiger partial charge in [-0.3, -0.25) is 9.59 Å². The molecule has 0 saturated heterocycles. The van der Waals surface area contributed by atoms with Gasteiger partial charge in [-0.05, 0) is 62.0 Å². The minimum absolute atomic E-state index is 0.0520. The molecule has 7 heteroatoms. The lowest BCUT2D eigenvalue weighted by Gasteiger charge is -2.27. The highest BCUT2D eigenvalue weighted by Gasteiger charge is 2.44. The number of nitrogens with zero attached hydrogens (tertiary/aromatic N) is 2. The maximum absolute atomic E-state index is 11.4. The lowest BCUT2D eigenvalue weighted by atomic mass is 9.81. The number of para-hydroxylation sites is 2. The number of hydrogen-bond donors (Lipinski definition) is 2. The molecule has 2 aromatic rings. The quantitative estimate of drug-likeness (QED) is 0.287. The highest BCUT2D eigenvalue weighted by molar-refractivity contribution is 6.32. The van der Waals surface area contributed by atoms with Gasteiger partial charge in [0, 0.05) is 46.1 Å². The molecule has 2 aromatic carbocycles. The van der Waals surface area contributed by atoms with Gasteiger partial charge in [0.1, 0.15) is 6.42 Å². The average molecular weight is 600 g/mol. The van der Waals surface area contributed by atoms with Crippen LogP contribution in [-0.2, 0) is 20.4 Å². The SMILES string of the molecule is CC1(C)C(/C=C/C2=C(Cl)C(=C/C=C3/N(CCC(=O)O)c4ccccc4C3(C)C)/CCC2)=[N+](CCC(=O)O)c2ccccc21. The molecule has 0 amide bonds. The van der Waals surface area contributed by atoms with Crippen LogP contribution >= 0.6 is 11.6 Å². The van der Waals surface area contributed by atoms with E-state index in [1.54, 1.807) is 0 Å². The molecule has 0 fully saturated rings. The molecular weight excluding hydrogens is 560 g/mol. The third-order valence-electron chi connectivity index (χ3n) is 9.04. The molecule has 0 spiro atoms. The molecular formula is C36H40ClN2O4+. The molecule has 0 saturated carbocycles. The third-order valence-corrected chi connectivity index (χ3v) is 9.52. The van der Waals surface area contributed by atoms with Crippen LogP contribution in [0.4, 0.5) is 11.4 Å². The first-order valence-electron chi connectivity index (χ1n) is 15.0. The number of hydrogen-bond acceptors (Lipinski definition) is 3. The largest absolute Gasteiger partial charge is 0.481 e. The van der Waals surface area contributed by atoms with Crippen molar-refractivity contribution in [3.05, 3.63) is 106 Å². The minimum atomic E-state index is -0.817. The van der Waals surface area contributed by atoms with Crippen LogP contribution in [0.3, 0.4) is 0 Å². The van der Waals surface area contributed by atoms with Crippen molar-refractivity contribution in [2.24, 2.45) is 0 Å². The van der Waals surface area contributed by atoms with Crippen LogP contribution in [0.25, 0.3) is 0 Å². The Kier molecular flexibility index (Phi) is 8.53. The molecule has 0 atom stereocenters. The van der Waals surface area contributed by atoms with Gasteiger partial charge >= 0.3 is 11.9 Å². The van der Waals surface area contributed by atoms with Gasteiger partial charge in [0.05, 0.1) is 11.8 Å². The van der Waals surface area contributed by atoms with Crippen molar-refractivity contribution in [1.82, 2.24) is 0 Å². The normalized spacial score (nSPS) is 20.8. The van der Waals surface area contributed by atoms with Crippen molar-refractivity contribution >= 4 is 40.6 Å². The molecule has 2 heterocycles. The van der Waals surface area contributed by atoms with Crippen LogP contribution < -0.4 is 4.90 Å². The summed E-state index contributed by atoms with van der Waals surface area (Å²) in [6.45, 7) is 9.52. The van der Waals surface area contributed by atoms with E-state index in [0.29, 0.717) is 13.1 Å². The van der Waals surface area contributed by atoms with Gasteiger partial charge in [0.25, 0.3) is 0 Å². The first kappa shape index (κ1) is 30.6. The summed E-state index contributed by atoms with van der Waals surface area (Å²) in [5.41, 5.74) is 8.16. The summed E-state index contributed by atoms with van der Waals surface area (Å²) < 4.78 is 2.13. The fourth-order valence-electron chi connectivity index (χ4n) is 6.75. The number of benzene rings is 2. The Morgan fingerprint density at radius 3 is 2.28 bits per heavy atom. The van der Waals surface area contributed by atoms with E-state index in [0.717, 1.165) is 58.2 Å². The van der Waals surface area contributed by atoms with Gasteiger partial charge in [-0.2, -0.15) is 4.58 Å². The molecule has 1 aliphatic carbocycles. The average Bonchev–Trinajstić information content (AvgIpc) is 3.32. The smallest absolute Gasteiger partial charge is 0.309 e. The molecule has 3 aliphatic rings. The Balaban J connectivity index is 1.49. The van der Waals surface area contributed by atoms with E-state index in [1.807, 2.05) is 24.3 Å². The standard InChI is InChI=1S/C36H39ClN2O4/c1-35(2)26-12-5-7-14-28(26)38(22-20-32(40)41)30(35)18-16-24-10-9-11-25(34(24)37)17-19-31-36(3,4)27-13-6-8-15-29(27)39(31)23-21-33(42)43/h5-8,12-19H,9-11,20-23H2,1-4H3,(H-,40,41,42,43)/p+1. The highest BCUT2D eigenvalue weighted by atomic mass is 35.5. The van der Waals surface area contributed by atoms with E-state index in [2.05, 4.69) is 85.7 Å². The van der Waals surface area contributed by atoms with Crippen LogP contribution in [0, 0.1) is 0 Å². The van der Waals surface area contributed by atoms with Crippen LogP contribution in [0.1, 0.15) is 70.9 Å². The molecule has 224 valence electrons. The van der Waals surface area contributed by atoms with E-state index < -0.39 is 11.9 Å². The first-order valence-corrected chi connectivity index (χ1v) is 15.3. The number of anilines is 1. The van der Waals surface area contributed by atoms with Crippen molar-refractivity contribution in [1.29, 1.82) is 0 Å². The van der Waals surface area contributed by atoms with E-state index in [1.165, 1.54) is 11.1 Å². The Morgan fingerprint density at radius 2 is 1.56 bits per heavy atom. The zero-order chi connectivity index (χ0) is 30.9. The summed E-state index contributed by atoms with van der Waals surface area (Å²) in [4.78, 5) is 25.0. The number of carbonyl (C=O) groups is 2. The third kappa shape index (κ3) is 5.85. The molecule has 43 heavy (non-hydrogen) atoms. The number of fused-ring (bicyclic) bond motifs is 2. The van der Waals surface area contributed by atoms with Gasteiger partial charge in [-0.1, -0.05) is 74.0 Å². The number of rotatable bonds is 9. The van der Waals surface area contributed by atoms with Crippen molar-refractivity contribution < 1.29 is 24.4 Å². The zero-order valence-corrected chi connectivity index (χ0v) is 26.1. The maximum atomic E-state index is 11.4. The molecule has 5 rings (SSSR count). The number of allylic oxidation sites excluding steroid dienone is 8. The van der Waals surface area contributed by atoms with Crippen molar-refractivity contribution in [2.45, 2.75) is 70.6 Å². The molecule has 0 radical (unpaired) electrons. The molecule has 2 aliphatic heterocycles. The first-order chi connectivity index (χ1) is 20.4. The second-order valence-corrected chi connectivity index (χ2v) is 12.9. The molecule has 2 N–H and O–H groups in total. The summed E-state index contributed by atoms with van der Waals surface area (Å²) in [5.74, 6) is -1.63. The van der Waals surface area contributed by atoms with Gasteiger partial charge in [0.2, 0.25) is 5.69 Å². The second-order valence-electron chi connectivity index (χ2n) is 12.5. The van der Waals surface area contributed by atoms with Crippen LogP contribution in [0.5, 0.6) is 0 Å². The van der Waals surface area contributed by atoms with Crippen molar-refractivity contribution in [3.63, 3.8) is 0 Å². The fraction of sp³-hybridized carbons (Fsp3) is 0.361.